The molecule has 2 saturated heterocycles. The Kier molecular flexibility index (Phi) is 6.30. The standard InChI is InChI=1S/C27H31N3O3S/c1-20-7-9-23(10-8-20)26-18-25(28-30(26)24-13-16-34(32,33)19-24)27(31)29-14-11-22(12-15-29)17-21-5-3-2-4-6-21/h2-10,18,22,24H,11-17,19H2,1H3/t24-/m0/s1. The number of carbonyl (C=O) groups excluding carboxylic acids is 1. The molecule has 0 unspecified atom stereocenters. The fourth-order valence-corrected chi connectivity index (χ4v) is 6.83. The summed E-state index contributed by atoms with van der Waals surface area (Å²) in [5.41, 5.74) is 4.65. The summed E-state index contributed by atoms with van der Waals surface area (Å²) in [5, 5.41) is 4.68. The van der Waals surface area contributed by atoms with Gasteiger partial charge in [-0.15, -0.1) is 0 Å². The van der Waals surface area contributed by atoms with Gasteiger partial charge in [-0.3, -0.25) is 9.48 Å². The van der Waals surface area contributed by atoms with Crippen molar-refractivity contribution in [2.75, 3.05) is 24.6 Å². The molecule has 5 rings (SSSR count). The smallest absolute Gasteiger partial charge is 0.274 e. The largest absolute Gasteiger partial charge is 0.337 e. The summed E-state index contributed by atoms with van der Waals surface area (Å²) < 4.78 is 26.1. The van der Waals surface area contributed by atoms with Crippen molar-refractivity contribution in [2.45, 2.75) is 38.6 Å². The Morgan fingerprint density at radius 1 is 1.00 bits per heavy atom. The van der Waals surface area contributed by atoms with Crippen molar-refractivity contribution in [3.05, 3.63) is 77.5 Å². The minimum Gasteiger partial charge on any atom is -0.337 e. The predicted octanol–water partition coefficient (Wildman–Crippen LogP) is 4.31. The lowest BCUT2D eigenvalue weighted by Crippen LogP contribution is -2.39. The number of sulfone groups is 1. The molecule has 3 heterocycles. The van der Waals surface area contributed by atoms with Gasteiger partial charge in [0.05, 0.1) is 23.2 Å². The lowest BCUT2D eigenvalue weighted by Gasteiger charge is -2.31. The molecule has 3 aromatic rings. The van der Waals surface area contributed by atoms with Crippen LogP contribution in [0.5, 0.6) is 0 Å². The van der Waals surface area contributed by atoms with Crippen molar-refractivity contribution in [3.8, 4) is 11.3 Å². The van der Waals surface area contributed by atoms with Crippen molar-refractivity contribution >= 4 is 15.7 Å². The molecule has 0 bridgehead atoms. The van der Waals surface area contributed by atoms with Crippen LogP contribution in [0.2, 0.25) is 0 Å². The van der Waals surface area contributed by atoms with Gasteiger partial charge in [-0.05, 0) is 55.7 Å². The van der Waals surface area contributed by atoms with Crippen LogP contribution in [-0.4, -0.2) is 53.6 Å². The second kappa shape index (κ2) is 9.37. The molecular formula is C27H31N3O3S. The molecule has 34 heavy (non-hydrogen) atoms. The van der Waals surface area contributed by atoms with E-state index in [1.54, 1.807) is 4.68 Å². The zero-order valence-electron chi connectivity index (χ0n) is 19.6. The van der Waals surface area contributed by atoms with Crippen LogP contribution in [0.3, 0.4) is 0 Å². The second-order valence-corrected chi connectivity index (χ2v) is 11.9. The highest BCUT2D eigenvalue weighted by atomic mass is 32.2. The average molecular weight is 478 g/mol. The van der Waals surface area contributed by atoms with Gasteiger partial charge in [-0.1, -0.05) is 60.2 Å². The monoisotopic (exact) mass is 477 g/mol. The molecule has 178 valence electrons. The molecule has 2 fully saturated rings. The lowest BCUT2D eigenvalue weighted by atomic mass is 9.90. The summed E-state index contributed by atoms with van der Waals surface area (Å²) in [6.07, 6.45) is 3.53. The number of likely N-dealkylation sites (tertiary alicyclic amines) is 1. The van der Waals surface area contributed by atoms with E-state index < -0.39 is 9.84 Å². The molecule has 1 amide bonds. The van der Waals surface area contributed by atoms with Gasteiger partial charge in [-0.2, -0.15) is 5.10 Å². The normalized spacial score (nSPS) is 20.5. The Bertz CT molecular complexity index is 1260. The van der Waals surface area contributed by atoms with E-state index in [1.165, 1.54) is 5.56 Å². The van der Waals surface area contributed by atoms with Crippen LogP contribution in [0.1, 0.15) is 46.9 Å². The highest BCUT2D eigenvalue weighted by molar-refractivity contribution is 7.91. The van der Waals surface area contributed by atoms with Crippen LogP contribution in [0.25, 0.3) is 11.3 Å². The van der Waals surface area contributed by atoms with Crippen LogP contribution < -0.4 is 0 Å². The van der Waals surface area contributed by atoms with Crippen LogP contribution in [-0.2, 0) is 16.3 Å². The van der Waals surface area contributed by atoms with E-state index in [4.69, 9.17) is 0 Å². The molecule has 2 aliphatic heterocycles. The summed E-state index contributed by atoms with van der Waals surface area (Å²) in [6, 6.07) is 20.2. The van der Waals surface area contributed by atoms with Crippen LogP contribution in [0.15, 0.2) is 60.7 Å². The molecule has 2 aliphatic rings. The van der Waals surface area contributed by atoms with Gasteiger partial charge >= 0.3 is 0 Å². The summed E-state index contributed by atoms with van der Waals surface area (Å²) in [5.74, 6) is 0.761. The number of hydrogen-bond donors (Lipinski definition) is 0. The SMILES string of the molecule is Cc1ccc(-c2cc(C(=O)N3CCC(Cc4ccccc4)CC3)nn2[C@H]2CCS(=O)(=O)C2)cc1. The van der Waals surface area contributed by atoms with E-state index in [0.717, 1.165) is 49.2 Å². The van der Waals surface area contributed by atoms with E-state index >= 15 is 0 Å². The summed E-state index contributed by atoms with van der Waals surface area (Å²) in [4.78, 5) is 15.3. The van der Waals surface area contributed by atoms with Gasteiger partial charge in [0.15, 0.2) is 15.5 Å². The summed E-state index contributed by atoms with van der Waals surface area (Å²) >= 11 is 0. The van der Waals surface area contributed by atoms with Crippen molar-refractivity contribution in [1.82, 2.24) is 14.7 Å². The fourth-order valence-electron chi connectivity index (χ4n) is 5.14. The average Bonchev–Trinajstić information content (AvgIpc) is 3.44. The fraction of sp³-hybridized carbons (Fsp3) is 0.407. The Hall–Kier alpha value is -2.93. The van der Waals surface area contributed by atoms with Gasteiger partial charge in [0.2, 0.25) is 0 Å². The van der Waals surface area contributed by atoms with Gasteiger partial charge in [0.1, 0.15) is 0 Å². The first-order valence-corrected chi connectivity index (χ1v) is 13.9. The molecule has 1 aromatic heterocycles. The molecule has 0 aliphatic carbocycles. The van der Waals surface area contributed by atoms with E-state index in [-0.39, 0.29) is 23.5 Å². The van der Waals surface area contributed by atoms with Crippen LogP contribution >= 0.6 is 0 Å². The van der Waals surface area contributed by atoms with Crippen molar-refractivity contribution < 1.29 is 13.2 Å². The Morgan fingerprint density at radius 2 is 1.71 bits per heavy atom. The third kappa shape index (κ3) is 4.94. The molecule has 0 spiro atoms. The molecule has 0 N–H and O–H groups in total. The van der Waals surface area contributed by atoms with Gasteiger partial charge in [0.25, 0.3) is 5.91 Å². The number of amides is 1. The van der Waals surface area contributed by atoms with Gasteiger partial charge in [0, 0.05) is 13.1 Å². The third-order valence-electron chi connectivity index (χ3n) is 7.13. The van der Waals surface area contributed by atoms with Crippen molar-refractivity contribution in [1.29, 1.82) is 0 Å². The van der Waals surface area contributed by atoms with Gasteiger partial charge in [-0.25, -0.2) is 8.42 Å². The second-order valence-electron chi connectivity index (χ2n) is 9.71. The summed E-state index contributed by atoms with van der Waals surface area (Å²) in [7, 11) is -3.07. The molecule has 6 nitrogen and oxygen atoms in total. The first-order chi connectivity index (χ1) is 16.4. The maximum Gasteiger partial charge on any atom is 0.274 e. The first kappa shape index (κ1) is 22.8. The van der Waals surface area contributed by atoms with Crippen LogP contribution in [0.4, 0.5) is 0 Å². The molecule has 2 aromatic carbocycles. The van der Waals surface area contributed by atoms with Crippen LogP contribution in [0, 0.1) is 12.8 Å². The number of nitrogens with zero attached hydrogens (tertiary/aromatic N) is 3. The third-order valence-corrected chi connectivity index (χ3v) is 8.88. The van der Waals surface area contributed by atoms with E-state index in [0.29, 0.717) is 18.0 Å². The van der Waals surface area contributed by atoms with E-state index in [9.17, 15) is 13.2 Å². The highest BCUT2D eigenvalue weighted by Gasteiger charge is 2.33. The number of carbonyl (C=O) groups is 1. The minimum atomic E-state index is -3.07. The number of aryl methyl sites for hydroxylation is 1. The molecular weight excluding hydrogens is 446 g/mol. The predicted molar refractivity (Wildman–Crippen MR) is 133 cm³/mol. The van der Waals surface area contributed by atoms with Gasteiger partial charge < -0.3 is 4.90 Å². The molecule has 0 saturated carbocycles. The maximum atomic E-state index is 13.4. The Balaban J connectivity index is 1.34. The summed E-state index contributed by atoms with van der Waals surface area (Å²) in [6.45, 7) is 3.47. The zero-order chi connectivity index (χ0) is 23.7. The number of benzene rings is 2. The number of rotatable bonds is 5. The molecule has 1 atom stereocenters. The highest BCUT2D eigenvalue weighted by Crippen LogP contribution is 2.31. The van der Waals surface area contributed by atoms with Crippen molar-refractivity contribution in [3.63, 3.8) is 0 Å². The Morgan fingerprint density at radius 3 is 2.35 bits per heavy atom. The maximum absolute atomic E-state index is 13.4. The topological polar surface area (TPSA) is 72.3 Å². The Labute approximate surface area is 201 Å². The number of aromatic nitrogens is 2. The van der Waals surface area contributed by atoms with Crippen molar-refractivity contribution in [2.24, 2.45) is 5.92 Å². The zero-order valence-corrected chi connectivity index (χ0v) is 20.4. The quantitative estimate of drug-likeness (QED) is 0.549. The number of hydrogen-bond acceptors (Lipinski definition) is 4. The number of piperidine rings is 1. The van der Waals surface area contributed by atoms with E-state index in [2.05, 4.69) is 29.4 Å². The lowest BCUT2D eigenvalue weighted by molar-refractivity contribution is 0.0683. The first-order valence-electron chi connectivity index (χ1n) is 12.1. The van der Waals surface area contributed by atoms with E-state index in [1.807, 2.05) is 48.2 Å². The molecule has 0 radical (unpaired) electrons. The minimum absolute atomic E-state index is 0.0638. The molecule has 7 heteroatoms.